The number of rotatable bonds is 5. The minimum Gasteiger partial charge on any atom is -0.491 e. The molecule has 1 saturated heterocycles. The number of hydrogen-bond acceptors (Lipinski definition) is 4. The SMILES string of the molecule is CC(C)N1CCOC(COc2cccc(C(=N)N)c2)C1. The summed E-state index contributed by atoms with van der Waals surface area (Å²) in [5, 5.41) is 7.42. The summed E-state index contributed by atoms with van der Waals surface area (Å²) in [7, 11) is 0. The summed E-state index contributed by atoms with van der Waals surface area (Å²) >= 11 is 0. The van der Waals surface area contributed by atoms with Crippen LogP contribution in [0, 0.1) is 5.41 Å². The fourth-order valence-electron chi connectivity index (χ4n) is 2.25. The van der Waals surface area contributed by atoms with Gasteiger partial charge in [-0.2, -0.15) is 0 Å². The van der Waals surface area contributed by atoms with E-state index in [1.807, 2.05) is 12.1 Å². The van der Waals surface area contributed by atoms with Gasteiger partial charge in [0, 0.05) is 24.7 Å². The quantitative estimate of drug-likeness (QED) is 0.631. The summed E-state index contributed by atoms with van der Waals surface area (Å²) in [4.78, 5) is 2.39. The third-order valence-electron chi connectivity index (χ3n) is 3.48. The standard InChI is InChI=1S/C15H23N3O2/c1-11(2)18-6-7-19-14(9-18)10-20-13-5-3-4-12(8-13)15(16)17/h3-5,8,11,14H,6-7,9-10H2,1-2H3,(H3,16,17). The molecule has 1 heterocycles. The van der Waals surface area contributed by atoms with Gasteiger partial charge >= 0.3 is 0 Å². The Morgan fingerprint density at radius 1 is 1.55 bits per heavy atom. The van der Waals surface area contributed by atoms with E-state index < -0.39 is 0 Å². The largest absolute Gasteiger partial charge is 0.491 e. The number of ether oxygens (including phenoxy) is 2. The van der Waals surface area contributed by atoms with Crippen molar-refractivity contribution in [2.75, 3.05) is 26.3 Å². The Balaban J connectivity index is 1.88. The molecule has 1 unspecified atom stereocenters. The van der Waals surface area contributed by atoms with Crippen LogP contribution in [0.3, 0.4) is 0 Å². The van der Waals surface area contributed by atoms with Crippen molar-refractivity contribution in [2.45, 2.75) is 26.0 Å². The first-order chi connectivity index (χ1) is 9.56. The van der Waals surface area contributed by atoms with Gasteiger partial charge in [-0.3, -0.25) is 10.3 Å². The van der Waals surface area contributed by atoms with Crippen LogP contribution in [-0.4, -0.2) is 49.2 Å². The van der Waals surface area contributed by atoms with Crippen LogP contribution < -0.4 is 10.5 Å². The summed E-state index contributed by atoms with van der Waals surface area (Å²) < 4.78 is 11.5. The van der Waals surface area contributed by atoms with Crippen molar-refractivity contribution in [3.8, 4) is 5.75 Å². The normalized spacial score (nSPS) is 20.1. The van der Waals surface area contributed by atoms with Gasteiger partial charge < -0.3 is 15.2 Å². The fourth-order valence-corrected chi connectivity index (χ4v) is 2.25. The second-order valence-corrected chi connectivity index (χ2v) is 5.33. The van der Waals surface area contributed by atoms with Crippen molar-refractivity contribution in [3.05, 3.63) is 29.8 Å². The molecule has 1 aliphatic rings. The van der Waals surface area contributed by atoms with Gasteiger partial charge in [0.1, 0.15) is 24.3 Å². The minimum absolute atomic E-state index is 0.0512. The molecular weight excluding hydrogens is 254 g/mol. The predicted molar refractivity (Wildman–Crippen MR) is 79.4 cm³/mol. The van der Waals surface area contributed by atoms with E-state index in [1.165, 1.54) is 0 Å². The first-order valence-corrected chi connectivity index (χ1v) is 6.99. The first kappa shape index (κ1) is 14.8. The molecular formula is C15H23N3O2. The molecule has 0 aliphatic carbocycles. The number of nitrogen functional groups attached to an aromatic ring is 1. The molecule has 0 bridgehead atoms. The van der Waals surface area contributed by atoms with Crippen molar-refractivity contribution in [2.24, 2.45) is 5.73 Å². The van der Waals surface area contributed by atoms with Gasteiger partial charge in [0.05, 0.1) is 6.61 Å². The average Bonchev–Trinajstić information content (AvgIpc) is 2.45. The Hall–Kier alpha value is -1.59. The number of amidine groups is 1. The van der Waals surface area contributed by atoms with Crippen LogP contribution in [0.15, 0.2) is 24.3 Å². The van der Waals surface area contributed by atoms with E-state index in [-0.39, 0.29) is 11.9 Å². The third-order valence-corrected chi connectivity index (χ3v) is 3.48. The number of hydrogen-bond donors (Lipinski definition) is 2. The van der Waals surface area contributed by atoms with E-state index in [9.17, 15) is 0 Å². The van der Waals surface area contributed by atoms with Gasteiger partial charge in [0.25, 0.3) is 0 Å². The Morgan fingerprint density at radius 3 is 3.05 bits per heavy atom. The summed E-state index contributed by atoms with van der Waals surface area (Å²) in [6.07, 6.45) is 0.0899. The maximum absolute atomic E-state index is 7.42. The lowest BCUT2D eigenvalue weighted by molar-refractivity contribution is -0.0564. The highest BCUT2D eigenvalue weighted by atomic mass is 16.5. The van der Waals surface area contributed by atoms with E-state index >= 15 is 0 Å². The average molecular weight is 277 g/mol. The number of benzene rings is 1. The van der Waals surface area contributed by atoms with Crippen LogP contribution in [0.2, 0.25) is 0 Å². The number of nitrogens with zero attached hydrogens (tertiary/aromatic N) is 1. The van der Waals surface area contributed by atoms with Crippen molar-refractivity contribution in [3.63, 3.8) is 0 Å². The van der Waals surface area contributed by atoms with Gasteiger partial charge in [0.2, 0.25) is 0 Å². The molecule has 3 N–H and O–H groups in total. The highest BCUT2D eigenvalue weighted by Crippen LogP contribution is 2.15. The van der Waals surface area contributed by atoms with Gasteiger partial charge in [-0.15, -0.1) is 0 Å². The minimum atomic E-state index is 0.0512. The Kier molecular flexibility index (Phi) is 4.98. The molecule has 1 aromatic rings. The molecule has 2 rings (SSSR count). The maximum atomic E-state index is 7.42. The van der Waals surface area contributed by atoms with Gasteiger partial charge in [-0.25, -0.2) is 0 Å². The highest BCUT2D eigenvalue weighted by Gasteiger charge is 2.22. The fraction of sp³-hybridized carbons (Fsp3) is 0.533. The molecule has 1 aliphatic heterocycles. The highest BCUT2D eigenvalue weighted by molar-refractivity contribution is 5.95. The van der Waals surface area contributed by atoms with Crippen molar-refractivity contribution >= 4 is 5.84 Å². The zero-order chi connectivity index (χ0) is 14.5. The molecule has 0 radical (unpaired) electrons. The summed E-state index contributed by atoms with van der Waals surface area (Å²) in [6, 6.07) is 7.82. The molecule has 110 valence electrons. The van der Waals surface area contributed by atoms with E-state index in [2.05, 4.69) is 18.7 Å². The molecule has 5 heteroatoms. The van der Waals surface area contributed by atoms with Gasteiger partial charge in [0.15, 0.2) is 0 Å². The third kappa shape index (κ3) is 3.95. The summed E-state index contributed by atoms with van der Waals surface area (Å²) in [5.41, 5.74) is 6.15. The molecule has 1 aromatic carbocycles. The predicted octanol–water partition coefficient (Wildman–Crippen LogP) is 1.46. The Morgan fingerprint density at radius 2 is 2.35 bits per heavy atom. The molecule has 0 saturated carbocycles. The van der Waals surface area contributed by atoms with E-state index in [0.717, 1.165) is 25.4 Å². The van der Waals surface area contributed by atoms with Crippen molar-refractivity contribution in [1.82, 2.24) is 4.90 Å². The molecule has 1 atom stereocenters. The van der Waals surface area contributed by atoms with Crippen molar-refractivity contribution in [1.29, 1.82) is 5.41 Å². The number of nitrogens with one attached hydrogen (secondary N) is 1. The zero-order valence-corrected chi connectivity index (χ0v) is 12.1. The lowest BCUT2D eigenvalue weighted by Gasteiger charge is -2.35. The van der Waals surface area contributed by atoms with Crippen LogP contribution in [0.1, 0.15) is 19.4 Å². The van der Waals surface area contributed by atoms with E-state index in [4.69, 9.17) is 20.6 Å². The van der Waals surface area contributed by atoms with E-state index in [0.29, 0.717) is 18.2 Å². The Labute approximate surface area is 120 Å². The second kappa shape index (κ2) is 6.72. The monoisotopic (exact) mass is 277 g/mol. The first-order valence-electron chi connectivity index (χ1n) is 6.99. The topological polar surface area (TPSA) is 71.6 Å². The summed E-state index contributed by atoms with van der Waals surface area (Å²) in [5.74, 6) is 0.776. The maximum Gasteiger partial charge on any atom is 0.122 e. The Bertz CT molecular complexity index is 462. The molecule has 0 aromatic heterocycles. The van der Waals surface area contributed by atoms with Crippen molar-refractivity contribution < 1.29 is 9.47 Å². The molecule has 1 fully saturated rings. The number of nitrogens with two attached hydrogens (primary N) is 1. The number of morpholine rings is 1. The van der Waals surface area contributed by atoms with E-state index in [1.54, 1.807) is 12.1 Å². The van der Waals surface area contributed by atoms with Gasteiger partial charge in [-0.1, -0.05) is 12.1 Å². The molecule has 5 nitrogen and oxygen atoms in total. The summed E-state index contributed by atoms with van der Waals surface area (Å²) in [6.45, 7) is 7.53. The molecule has 0 spiro atoms. The lowest BCUT2D eigenvalue weighted by atomic mass is 10.2. The molecule has 20 heavy (non-hydrogen) atoms. The van der Waals surface area contributed by atoms with Crippen LogP contribution in [0.25, 0.3) is 0 Å². The van der Waals surface area contributed by atoms with Crippen LogP contribution >= 0.6 is 0 Å². The lowest BCUT2D eigenvalue weighted by Crippen LogP contribution is -2.47. The van der Waals surface area contributed by atoms with Gasteiger partial charge in [-0.05, 0) is 26.0 Å². The second-order valence-electron chi connectivity index (χ2n) is 5.33. The van der Waals surface area contributed by atoms with Crippen LogP contribution in [0.4, 0.5) is 0 Å². The zero-order valence-electron chi connectivity index (χ0n) is 12.1. The van der Waals surface area contributed by atoms with Crippen LogP contribution in [0.5, 0.6) is 5.75 Å². The van der Waals surface area contributed by atoms with Crippen LogP contribution in [-0.2, 0) is 4.74 Å². The smallest absolute Gasteiger partial charge is 0.122 e. The molecule has 0 amide bonds.